The second-order valence-electron chi connectivity index (χ2n) is 21.5. The summed E-state index contributed by atoms with van der Waals surface area (Å²) in [7, 11) is 0.948. The lowest BCUT2D eigenvalue weighted by atomic mass is 9.42. The molecule has 0 bridgehead atoms. The van der Waals surface area contributed by atoms with Crippen LogP contribution in [-0.4, -0.2) is 7.28 Å². The average Bonchev–Trinajstić information content (AvgIpc) is 3.54. The Kier molecular flexibility index (Phi) is 7.98. The Labute approximate surface area is 370 Å². The van der Waals surface area contributed by atoms with E-state index in [1.165, 1.54) is 127 Å². The summed E-state index contributed by atoms with van der Waals surface area (Å²) in [6, 6.07) is 50.0. The lowest BCUT2D eigenvalue weighted by Gasteiger charge is -2.58. The topological polar surface area (TPSA) is 12.0 Å². The molecule has 1 saturated carbocycles. The Morgan fingerprint density at radius 1 is 0.613 bits per heavy atom. The van der Waals surface area contributed by atoms with Crippen LogP contribution in [0, 0.1) is 26.2 Å². The maximum atomic E-state index is 4.16. The van der Waals surface area contributed by atoms with Crippen molar-refractivity contribution >= 4 is 29.6 Å². The zero-order chi connectivity index (χ0) is 42.5. The summed E-state index contributed by atoms with van der Waals surface area (Å²) in [5.74, 6) is 0.354. The predicted molar refractivity (Wildman–Crippen MR) is 264 cm³/mol. The van der Waals surface area contributed by atoms with E-state index in [4.69, 9.17) is 0 Å². The van der Waals surface area contributed by atoms with E-state index in [1.807, 2.05) is 0 Å². The second kappa shape index (κ2) is 13.0. The quantitative estimate of drug-likeness (QED) is 0.172. The molecule has 1 fully saturated rings. The Morgan fingerprint density at radius 2 is 1.24 bits per heavy atom. The number of benzene rings is 7. The van der Waals surface area contributed by atoms with Gasteiger partial charge in [0.1, 0.15) is 0 Å². The van der Waals surface area contributed by atoms with E-state index in [2.05, 4.69) is 188 Å². The smallest absolute Gasteiger partial charge is 0.193 e. The predicted octanol–water partition coefficient (Wildman–Crippen LogP) is 13.7. The van der Waals surface area contributed by atoms with Crippen LogP contribution in [0.15, 0.2) is 127 Å². The minimum absolute atomic E-state index is 0.0609. The first-order chi connectivity index (χ1) is 29.8. The van der Waals surface area contributed by atoms with Gasteiger partial charge in [0.15, 0.2) is 7.28 Å². The van der Waals surface area contributed by atoms with Crippen LogP contribution in [0.1, 0.15) is 134 Å². The Bertz CT molecular complexity index is 3000. The molecule has 5 aliphatic rings. The molecular formula is C60H58BN. The molecule has 3 atom stereocenters. The molecular weight excluding hydrogens is 745 g/mol. The van der Waals surface area contributed by atoms with E-state index in [1.54, 1.807) is 22.2 Å². The fraction of sp³-hybridized carbons (Fsp3) is 0.300. The van der Waals surface area contributed by atoms with Crippen molar-refractivity contribution in [2.24, 2.45) is 5.41 Å². The number of hydrogen-bond donors (Lipinski definition) is 1. The molecule has 0 saturated heterocycles. The lowest BCUT2D eigenvalue weighted by molar-refractivity contribution is 0.0602. The molecule has 2 heteroatoms. The van der Waals surface area contributed by atoms with E-state index < -0.39 is 5.41 Å². The van der Waals surface area contributed by atoms with Crippen LogP contribution >= 0.6 is 0 Å². The molecule has 62 heavy (non-hydrogen) atoms. The van der Waals surface area contributed by atoms with Crippen LogP contribution in [0.2, 0.25) is 0 Å². The minimum atomic E-state index is -0.450. The highest BCUT2D eigenvalue weighted by atomic mass is 14.9. The zero-order valence-electron chi connectivity index (χ0n) is 37.9. The number of anilines is 2. The van der Waals surface area contributed by atoms with Gasteiger partial charge in [-0.1, -0.05) is 179 Å². The van der Waals surface area contributed by atoms with Crippen molar-refractivity contribution in [1.29, 1.82) is 0 Å². The van der Waals surface area contributed by atoms with Gasteiger partial charge < -0.3 is 5.32 Å². The van der Waals surface area contributed by atoms with E-state index in [9.17, 15) is 0 Å². The summed E-state index contributed by atoms with van der Waals surface area (Å²) in [6.07, 6.45) is 6.45. The van der Waals surface area contributed by atoms with Gasteiger partial charge in [0.25, 0.3) is 0 Å². The molecule has 2 aliphatic heterocycles. The van der Waals surface area contributed by atoms with Crippen molar-refractivity contribution in [3.63, 3.8) is 0 Å². The zero-order valence-corrected chi connectivity index (χ0v) is 37.9. The first kappa shape index (κ1) is 38.1. The molecule has 7 aromatic rings. The van der Waals surface area contributed by atoms with Crippen LogP contribution < -0.4 is 16.2 Å². The van der Waals surface area contributed by atoms with Crippen molar-refractivity contribution in [2.75, 3.05) is 5.32 Å². The van der Waals surface area contributed by atoms with Gasteiger partial charge in [0.2, 0.25) is 0 Å². The minimum Gasteiger partial charge on any atom is -0.354 e. The number of rotatable bonds is 2. The first-order valence-corrected chi connectivity index (χ1v) is 23.4. The largest absolute Gasteiger partial charge is 0.354 e. The van der Waals surface area contributed by atoms with Gasteiger partial charge in [-0.05, 0) is 152 Å². The summed E-state index contributed by atoms with van der Waals surface area (Å²) in [6.45, 7) is 19.5. The highest BCUT2D eigenvalue weighted by molar-refractivity contribution is 6.70. The molecule has 0 radical (unpaired) electrons. The van der Waals surface area contributed by atoms with Crippen LogP contribution in [0.3, 0.4) is 0 Å². The number of fused-ring (bicyclic) bond motifs is 13. The van der Waals surface area contributed by atoms with Gasteiger partial charge in [0.05, 0.1) is 11.1 Å². The average molecular weight is 804 g/mol. The molecule has 2 heterocycles. The summed E-state index contributed by atoms with van der Waals surface area (Å²) >= 11 is 0. The summed E-state index contributed by atoms with van der Waals surface area (Å²) in [5.41, 5.74) is 29.4. The molecule has 1 spiro atoms. The van der Waals surface area contributed by atoms with Gasteiger partial charge in [-0.25, -0.2) is 0 Å². The summed E-state index contributed by atoms with van der Waals surface area (Å²) < 4.78 is 0. The van der Waals surface area contributed by atoms with E-state index in [-0.39, 0.29) is 16.2 Å². The van der Waals surface area contributed by atoms with Crippen LogP contribution in [0.4, 0.5) is 11.4 Å². The lowest BCUT2D eigenvalue weighted by Crippen LogP contribution is -2.54. The van der Waals surface area contributed by atoms with Crippen LogP contribution in [0.25, 0.3) is 33.4 Å². The van der Waals surface area contributed by atoms with Crippen LogP contribution in [-0.2, 0) is 16.2 Å². The Balaban J connectivity index is 1.18. The van der Waals surface area contributed by atoms with E-state index in [0.717, 1.165) is 7.28 Å². The van der Waals surface area contributed by atoms with E-state index >= 15 is 0 Å². The van der Waals surface area contributed by atoms with Gasteiger partial charge in [-0.15, -0.1) is 0 Å². The highest BCUT2D eigenvalue weighted by Gasteiger charge is 2.55. The third-order valence-corrected chi connectivity index (χ3v) is 17.0. The van der Waals surface area contributed by atoms with Crippen molar-refractivity contribution in [3.05, 3.63) is 189 Å². The van der Waals surface area contributed by atoms with E-state index in [0.29, 0.717) is 5.92 Å². The second-order valence-corrected chi connectivity index (χ2v) is 21.5. The molecule has 3 unspecified atom stereocenters. The third kappa shape index (κ3) is 4.99. The van der Waals surface area contributed by atoms with Gasteiger partial charge in [0, 0.05) is 17.2 Å². The monoisotopic (exact) mass is 803 g/mol. The molecule has 1 N–H and O–H groups in total. The van der Waals surface area contributed by atoms with Crippen LogP contribution in [0.5, 0.6) is 0 Å². The maximum Gasteiger partial charge on any atom is 0.193 e. The fourth-order valence-corrected chi connectivity index (χ4v) is 14.0. The normalized spacial score (nSPS) is 21.9. The SMILES string of the molecule is Cc1cc(C)c(-c2cc(-c3cccc4c3Nc3ccccc3C43c4ccccc4-c4ccccc43)c3c(c2)C2CC4(C)CCCCC4(C)c4cc(C(C)(C)C)cc(c42)B3)c(C)c1. The molecule has 0 amide bonds. The van der Waals surface area contributed by atoms with Gasteiger partial charge in [-0.2, -0.15) is 0 Å². The Hall–Kier alpha value is -5.60. The third-order valence-electron chi connectivity index (χ3n) is 17.0. The molecule has 12 rings (SSSR count). The first-order valence-electron chi connectivity index (χ1n) is 23.4. The van der Waals surface area contributed by atoms with Gasteiger partial charge in [-0.3, -0.25) is 0 Å². The number of hydrogen-bond acceptors (Lipinski definition) is 1. The molecule has 3 aliphatic carbocycles. The fourth-order valence-electron chi connectivity index (χ4n) is 14.0. The molecule has 0 aromatic heterocycles. The highest BCUT2D eigenvalue weighted by Crippen LogP contribution is 2.64. The Morgan fingerprint density at radius 3 is 1.95 bits per heavy atom. The van der Waals surface area contributed by atoms with Crippen molar-refractivity contribution < 1.29 is 0 Å². The van der Waals surface area contributed by atoms with Crippen molar-refractivity contribution in [1.82, 2.24) is 0 Å². The number of aryl methyl sites for hydroxylation is 3. The van der Waals surface area contributed by atoms with Crippen molar-refractivity contribution in [3.8, 4) is 33.4 Å². The van der Waals surface area contributed by atoms with Crippen molar-refractivity contribution in [2.45, 2.75) is 110 Å². The number of para-hydroxylation sites is 2. The number of nitrogens with one attached hydrogen (secondary N) is 1. The summed E-state index contributed by atoms with van der Waals surface area (Å²) in [4.78, 5) is 0. The molecule has 306 valence electrons. The summed E-state index contributed by atoms with van der Waals surface area (Å²) in [5, 5.41) is 4.16. The molecule has 7 aromatic carbocycles. The standard InChI is InChI=1S/C60H58BN/c1-35-28-36(2)53(37(3)29-35)38-30-43(55-44(31-38)45-34-58(7)26-15-16-27-59(58,8)50-32-39(57(4,5)6)33-51(61-55)54(45)50)42-20-17-24-49-56(42)62-52-25-14-13-23-48(52)60(49)46-21-11-9-18-40(46)41-19-10-12-22-47(41)60/h9-14,17-25,28-33,45,61-62H,15-16,26-27,34H2,1-8H3. The maximum absolute atomic E-state index is 4.16. The van der Waals surface area contributed by atoms with Gasteiger partial charge >= 0.3 is 0 Å². The molecule has 1 nitrogen and oxygen atoms in total.